The summed E-state index contributed by atoms with van der Waals surface area (Å²) in [4.78, 5) is 2.37. The summed E-state index contributed by atoms with van der Waals surface area (Å²) in [6.45, 7) is 4.39. The predicted octanol–water partition coefficient (Wildman–Crippen LogP) is 3.05. The molecule has 1 aliphatic heterocycles. The quantitative estimate of drug-likeness (QED) is 0.810. The number of benzene rings is 1. The topological polar surface area (TPSA) is 25.6 Å². The monoisotopic (exact) mass is 230 g/mol. The molecule has 1 fully saturated rings. The average Bonchev–Trinajstić information content (AvgIpc) is 2.99. The molecule has 1 aliphatic rings. The van der Waals surface area contributed by atoms with Gasteiger partial charge in [-0.3, -0.25) is 4.90 Å². The van der Waals surface area contributed by atoms with Crippen molar-refractivity contribution in [2.24, 2.45) is 0 Å². The van der Waals surface area contributed by atoms with E-state index in [-0.39, 0.29) is 6.23 Å². The average molecular weight is 230 g/mol. The fourth-order valence-corrected chi connectivity index (χ4v) is 2.34. The smallest absolute Gasteiger partial charge is 0.170 e. The molecule has 89 valence electrons. The molecule has 1 aromatic carbocycles. The van der Waals surface area contributed by atoms with Gasteiger partial charge in [-0.15, -0.1) is 0 Å². The van der Waals surface area contributed by atoms with E-state index < -0.39 is 0 Å². The van der Waals surface area contributed by atoms with Crippen LogP contribution in [0.5, 0.6) is 5.75 Å². The molecule has 0 bridgehead atoms. The lowest BCUT2D eigenvalue weighted by atomic mass is 10.2. The van der Waals surface area contributed by atoms with Gasteiger partial charge in [0.25, 0.3) is 0 Å². The molecule has 2 heterocycles. The first-order chi connectivity index (χ1) is 8.33. The molecule has 1 unspecified atom stereocenters. The maximum absolute atomic E-state index is 5.95. The van der Waals surface area contributed by atoms with E-state index >= 15 is 0 Å². The molecule has 17 heavy (non-hydrogen) atoms. The number of likely N-dealkylation sites (tertiary alicyclic amines) is 1. The summed E-state index contributed by atoms with van der Waals surface area (Å²) in [6.07, 6.45) is 5.44. The van der Waals surface area contributed by atoms with Gasteiger partial charge >= 0.3 is 0 Å². The standard InChI is InChI=1S/C14H16NO2/c1-11(15-7-2-3-8-15)17-13-4-5-14-12(10-13)6-9-16-14/h4-6,10-11H,2-3,7-8H2,1H3. The number of hydrogen-bond acceptors (Lipinski definition) is 3. The molecule has 0 N–H and O–H groups in total. The second kappa shape index (κ2) is 4.41. The van der Waals surface area contributed by atoms with Crippen molar-refractivity contribution < 1.29 is 9.15 Å². The Kier molecular flexibility index (Phi) is 2.77. The fourth-order valence-electron chi connectivity index (χ4n) is 2.34. The number of rotatable bonds is 3. The number of fused-ring (bicyclic) bond motifs is 1. The highest BCUT2D eigenvalue weighted by Gasteiger charge is 2.19. The van der Waals surface area contributed by atoms with Gasteiger partial charge in [-0.2, -0.15) is 0 Å². The van der Waals surface area contributed by atoms with E-state index in [1.165, 1.54) is 12.8 Å². The lowest BCUT2D eigenvalue weighted by Crippen LogP contribution is -2.34. The molecule has 0 saturated carbocycles. The minimum absolute atomic E-state index is 0.144. The zero-order valence-electron chi connectivity index (χ0n) is 9.98. The number of furan rings is 1. The summed E-state index contributed by atoms with van der Waals surface area (Å²) in [5.41, 5.74) is 0.853. The van der Waals surface area contributed by atoms with E-state index in [0.29, 0.717) is 0 Å². The second-order valence-electron chi connectivity index (χ2n) is 4.52. The summed E-state index contributed by atoms with van der Waals surface area (Å²) in [5, 5.41) is 1.04. The minimum Gasteiger partial charge on any atom is -0.475 e. The maximum Gasteiger partial charge on any atom is 0.170 e. The van der Waals surface area contributed by atoms with Gasteiger partial charge < -0.3 is 9.15 Å². The van der Waals surface area contributed by atoms with Gasteiger partial charge in [0.05, 0.1) is 0 Å². The van der Waals surface area contributed by atoms with E-state index in [9.17, 15) is 0 Å². The van der Waals surface area contributed by atoms with Gasteiger partial charge in [-0.05, 0) is 44.0 Å². The molecule has 3 nitrogen and oxygen atoms in total. The molecular weight excluding hydrogens is 214 g/mol. The summed E-state index contributed by atoms with van der Waals surface area (Å²) in [5.74, 6) is 0.895. The highest BCUT2D eigenvalue weighted by molar-refractivity contribution is 5.78. The molecule has 1 aromatic heterocycles. The van der Waals surface area contributed by atoms with Crippen LogP contribution in [0, 0.1) is 6.26 Å². The van der Waals surface area contributed by atoms with Crippen molar-refractivity contribution in [1.82, 2.24) is 4.90 Å². The van der Waals surface area contributed by atoms with Crippen molar-refractivity contribution >= 4 is 11.0 Å². The Morgan fingerprint density at radius 1 is 1.35 bits per heavy atom. The largest absolute Gasteiger partial charge is 0.475 e. The zero-order valence-corrected chi connectivity index (χ0v) is 9.98. The van der Waals surface area contributed by atoms with Crippen LogP contribution < -0.4 is 4.74 Å². The number of nitrogens with zero attached hydrogens (tertiary/aromatic N) is 1. The van der Waals surface area contributed by atoms with Gasteiger partial charge in [0.2, 0.25) is 0 Å². The van der Waals surface area contributed by atoms with Crippen molar-refractivity contribution in [3.63, 3.8) is 0 Å². The van der Waals surface area contributed by atoms with Gasteiger partial charge in [0, 0.05) is 18.5 Å². The maximum atomic E-state index is 5.95. The van der Waals surface area contributed by atoms with E-state index in [1.54, 1.807) is 0 Å². The Morgan fingerprint density at radius 2 is 2.18 bits per heavy atom. The van der Waals surface area contributed by atoms with Crippen LogP contribution in [-0.4, -0.2) is 24.2 Å². The third-order valence-electron chi connectivity index (χ3n) is 3.33. The lowest BCUT2D eigenvalue weighted by Gasteiger charge is -2.24. The summed E-state index contributed by atoms with van der Waals surface area (Å²) < 4.78 is 11.1. The van der Waals surface area contributed by atoms with E-state index in [0.717, 1.165) is 29.8 Å². The van der Waals surface area contributed by atoms with Gasteiger partial charge in [0.1, 0.15) is 17.6 Å². The first kappa shape index (κ1) is 10.7. The first-order valence-electron chi connectivity index (χ1n) is 6.13. The van der Waals surface area contributed by atoms with Crippen molar-refractivity contribution in [1.29, 1.82) is 0 Å². The van der Waals surface area contributed by atoms with Gasteiger partial charge in [-0.1, -0.05) is 0 Å². The van der Waals surface area contributed by atoms with Crippen LogP contribution in [0.15, 0.2) is 28.7 Å². The normalized spacial score (nSPS) is 18.6. The van der Waals surface area contributed by atoms with Crippen LogP contribution in [0.25, 0.3) is 11.0 Å². The van der Waals surface area contributed by atoms with Crippen LogP contribution >= 0.6 is 0 Å². The molecule has 2 aromatic rings. The Morgan fingerprint density at radius 3 is 3.00 bits per heavy atom. The summed E-state index contributed by atoms with van der Waals surface area (Å²) >= 11 is 0. The molecule has 0 aliphatic carbocycles. The van der Waals surface area contributed by atoms with Crippen LogP contribution in [0.3, 0.4) is 0 Å². The molecule has 1 atom stereocenters. The Hall–Kier alpha value is -1.48. The van der Waals surface area contributed by atoms with Crippen LogP contribution in [0.2, 0.25) is 0 Å². The van der Waals surface area contributed by atoms with Gasteiger partial charge in [0.15, 0.2) is 6.26 Å². The summed E-state index contributed by atoms with van der Waals surface area (Å²) in [6, 6.07) is 7.72. The molecule has 1 radical (unpaired) electrons. The highest BCUT2D eigenvalue weighted by Crippen LogP contribution is 2.23. The molecule has 0 amide bonds. The van der Waals surface area contributed by atoms with Crippen molar-refractivity contribution in [3.05, 3.63) is 30.5 Å². The van der Waals surface area contributed by atoms with E-state index in [4.69, 9.17) is 9.15 Å². The highest BCUT2D eigenvalue weighted by atomic mass is 16.5. The third-order valence-corrected chi connectivity index (χ3v) is 3.33. The second-order valence-corrected chi connectivity index (χ2v) is 4.52. The predicted molar refractivity (Wildman–Crippen MR) is 65.9 cm³/mol. The van der Waals surface area contributed by atoms with Crippen molar-refractivity contribution in [2.75, 3.05) is 13.1 Å². The van der Waals surface area contributed by atoms with Crippen LogP contribution in [-0.2, 0) is 0 Å². The van der Waals surface area contributed by atoms with E-state index in [2.05, 4.69) is 18.1 Å². The fraction of sp³-hybridized carbons (Fsp3) is 0.429. The molecule has 3 rings (SSSR count). The molecular formula is C14H16NO2. The Labute approximate surface area is 101 Å². The SMILES string of the molecule is CC(Oc1ccc2o[c]cc2c1)N1CCCC1. The Bertz CT molecular complexity index is 500. The molecule has 0 spiro atoms. The van der Waals surface area contributed by atoms with E-state index in [1.807, 2.05) is 24.3 Å². The first-order valence-corrected chi connectivity index (χ1v) is 6.13. The van der Waals surface area contributed by atoms with Crippen LogP contribution in [0.4, 0.5) is 0 Å². The third kappa shape index (κ3) is 2.15. The number of hydrogen-bond donors (Lipinski definition) is 0. The molecule has 3 heteroatoms. The lowest BCUT2D eigenvalue weighted by molar-refractivity contribution is 0.0593. The molecule has 1 saturated heterocycles. The minimum atomic E-state index is 0.144. The summed E-state index contributed by atoms with van der Waals surface area (Å²) in [7, 11) is 0. The van der Waals surface area contributed by atoms with Crippen molar-refractivity contribution in [2.45, 2.75) is 26.0 Å². The number of ether oxygens (including phenoxy) is 1. The van der Waals surface area contributed by atoms with Crippen molar-refractivity contribution in [3.8, 4) is 5.75 Å². The van der Waals surface area contributed by atoms with Gasteiger partial charge in [-0.25, -0.2) is 0 Å². The Balaban J connectivity index is 1.74. The van der Waals surface area contributed by atoms with Crippen LogP contribution in [0.1, 0.15) is 19.8 Å². The zero-order chi connectivity index (χ0) is 11.7.